The third kappa shape index (κ3) is 14.8. The van der Waals surface area contributed by atoms with E-state index in [0.29, 0.717) is 24.2 Å². The van der Waals surface area contributed by atoms with Gasteiger partial charge in [-0.15, -0.1) is 0 Å². The molecule has 1 unspecified atom stereocenters. The van der Waals surface area contributed by atoms with Gasteiger partial charge >= 0.3 is 0 Å². The topological polar surface area (TPSA) is 30.5 Å². The Morgan fingerprint density at radius 3 is 1.82 bits per heavy atom. The van der Waals surface area contributed by atoms with Gasteiger partial charge in [0.2, 0.25) is 0 Å². The van der Waals surface area contributed by atoms with Crippen LogP contribution < -0.4 is 10.6 Å². The largest absolute Gasteiger partial charge is 0.317 e. The number of hydrogen-bond donors (Lipinski definition) is 2. The highest BCUT2D eigenvalue weighted by Crippen LogP contribution is 2.08. The van der Waals surface area contributed by atoms with Crippen molar-refractivity contribution < 1.29 is 0 Å². The summed E-state index contributed by atoms with van der Waals surface area (Å²) in [7, 11) is 0. The molecule has 0 radical (unpaired) electrons. The van der Waals surface area contributed by atoms with Crippen molar-refractivity contribution in [2.45, 2.75) is 118 Å². The van der Waals surface area contributed by atoms with Crippen LogP contribution in [0.25, 0.3) is 0 Å². The summed E-state index contributed by atoms with van der Waals surface area (Å²) in [5, 5.41) is 7.26. The van der Waals surface area contributed by atoms with Crippen LogP contribution in [0.4, 0.5) is 0 Å². The monoisotopic (exact) mass is 398 g/mol. The van der Waals surface area contributed by atoms with Gasteiger partial charge in [-0.3, -0.25) is 4.90 Å². The minimum atomic E-state index is 0.639. The molecule has 0 rings (SSSR count). The lowest BCUT2D eigenvalue weighted by molar-refractivity contribution is 0.151. The van der Waals surface area contributed by atoms with Crippen LogP contribution in [0.15, 0.2) is 0 Å². The fraction of sp³-hybridized carbons (Fsp3) is 1.00. The summed E-state index contributed by atoms with van der Waals surface area (Å²) < 4.78 is 0. The van der Waals surface area contributed by atoms with E-state index in [4.69, 9.17) is 0 Å². The Balaban J connectivity index is 3.79. The van der Waals surface area contributed by atoms with E-state index >= 15 is 0 Å². The molecular formula is C24H54N4. The molecule has 0 aliphatic heterocycles. The lowest BCUT2D eigenvalue weighted by Gasteiger charge is -2.32. The number of rotatable bonds is 19. The first-order valence-corrected chi connectivity index (χ1v) is 12.2. The average molecular weight is 399 g/mol. The maximum atomic E-state index is 3.64. The lowest BCUT2D eigenvalue weighted by atomic mass is 10.1. The SMILES string of the molecule is CCCCC(C)NCCCNCCCN(CCCN(C(C)C)C(C)C)C(C)C. The minimum absolute atomic E-state index is 0.639. The van der Waals surface area contributed by atoms with E-state index in [1.165, 1.54) is 58.2 Å². The van der Waals surface area contributed by atoms with Crippen molar-refractivity contribution in [3.8, 4) is 0 Å². The highest BCUT2D eigenvalue weighted by Gasteiger charge is 2.14. The molecule has 0 amide bonds. The normalized spacial score (nSPS) is 13.6. The first-order valence-electron chi connectivity index (χ1n) is 12.2. The molecule has 0 bridgehead atoms. The molecule has 0 spiro atoms. The molecule has 0 fully saturated rings. The van der Waals surface area contributed by atoms with Crippen molar-refractivity contribution in [2.75, 3.05) is 39.3 Å². The summed E-state index contributed by atoms with van der Waals surface area (Å²) in [4.78, 5) is 5.26. The molecule has 170 valence electrons. The molecule has 0 heterocycles. The van der Waals surface area contributed by atoms with Crippen LogP contribution in [0, 0.1) is 0 Å². The minimum Gasteiger partial charge on any atom is -0.317 e. The second-order valence-corrected chi connectivity index (χ2v) is 9.36. The molecule has 0 aromatic heterocycles. The van der Waals surface area contributed by atoms with Gasteiger partial charge in [-0.1, -0.05) is 19.8 Å². The van der Waals surface area contributed by atoms with Crippen molar-refractivity contribution in [3.63, 3.8) is 0 Å². The molecule has 0 aromatic carbocycles. The van der Waals surface area contributed by atoms with Gasteiger partial charge in [0.25, 0.3) is 0 Å². The van der Waals surface area contributed by atoms with Gasteiger partial charge in [0.15, 0.2) is 0 Å². The number of nitrogens with zero attached hydrogens (tertiary/aromatic N) is 2. The number of unbranched alkanes of at least 4 members (excludes halogenated alkanes) is 1. The Morgan fingerprint density at radius 2 is 1.25 bits per heavy atom. The van der Waals surface area contributed by atoms with Crippen LogP contribution in [0.2, 0.25) is 0 Å². The smallest absolute Gasteiger partial charge is 0.00413 e. The quantitative estimate of drug-likeness (QED) is 0.308. The van der Waals surface area contributed by atoms with E-state index in [2.05, 4.69) is 75.8 Å². The van der Waals surface area contributed by atoms with Gasteiger partial charge in [-0.25, -0.2) is 0 Å². The van der Waals surface area contributed by atoms with E-state index in [0.717, 1.165) is 19.6 Å². The second-order valence-electron chi connectivity index (χ2n) is 9.36. The molecule has 0 aliphatic carbocycles. The molecule has 2 N–H and O–H groups in total. The van der Waals surface area contributed by atoms with Crippen LogP contribution >= 0.6 is 0 Å². The second kappa shape index (κ2) is 17.7. The third-order valence-electron chi connectivity index (χ3n) is 5.73. The summed E-state index contributed by atoms with van der Waals surface area (Å²) in [6.07, 6.45) is 7.69. The van der Waals surface area contributed by atoms with Crippen molar-refractivity contribution >= 4 is 0 Å². The van der Waals surface area contributed by atoms with Gasteiger partial charge in [0.1, 0.15) is 0 Å². The van der Waals surface area contributed by atoms with Crippen molar-refractivity contribution in [1.29, 1.82) is 0 Å². The molecule has 0 aromatic rings. The maximum absolute atomic E-state index is 3.64. The van der Waals surface area contributed by atoms with Crippen molar-refractivity contribution in [3.05, 3.63) is 0 Å². The Bertz CT molecular complexity index is 323. The van der Waals surface area contributed by atoms with E-state index in [-0.39, 0.29) is 0 Å². The zero-order chi connectivity index (χ0) is 21.4. The van der Waals surface area contributed by atoms with Crippen LogP contribution in [0.1, 0.15) is 93.9 Å². The van der Waals surface area contributed by atoms with E-state index < -0.39 is 0 Å². The molecule has 0 saturated carbocycles. The third-order valence-corrected chi connectivity index (χ3v) is 5.73. The van der Waals surface area contributed by atoms with E-state index in [1.807, 2.05) is 0 Å². The molecule has 0 saturated heterocycles. The molecule has 0 aliphatic rings. The van der Waals surface area contributed by atoms with Crippen LogP contribution in [-0.4, -0.2) is 73.2 Å². The zero-order valence-corrected chi connectivity index (χ0v) is 20.7. The highest BCUT2D eigenvalue weighted by atomic mass is 15.2. The van der Waals surface area contributed by atoms with Gasteiger partial charge in [-0.05, 0) is 113 Å². The zero-order valence-electron chi connectivity index (χ0n) is 20.7. The molecule has 4 heteroatoms. The average Bonchev–Trinajstić information content (AvgIpc) is 2.62. The number of hydrogen-bond acceptors (Lipinski definition) is 4. The van der Waals surface area contributed by atoms with Crippen LogP contribution in [0.3, 0.4) is 0 Å². The van der Waals surface area contributed by atoms with Gasteiger partial charge in [0.05, 0.1) is 0 Å². The Labute approximate surface area is 178 Å². The van der Waals surface area contributed by atoms with Crippen molar-refractivity contribution in [1.82, 2.24) is 20.4 Å². The standard InChI is InChI=1S/C24H54N4/c1-9-10-14-24(8)26-17-11-15-25-16-12-18-27(21(2)3)19-13-20-28(22(4)5)23(6)7/h21-26H,9-20H2,1-8H3. The predicted octanol–water partition coefficient (Wildman–Crippen LogP) is 4.74. The fourth-order valence-electron chi connectivity index (χ4n) is 3.90. The van der Waals surface area contributed by atoms with Crippen LogP contribution in [0.5, 0.6) is 0 Å². The summed E-state index contributed by atoms with van der Waals surface area (Å²) in [6.45, 7) is 25.5. The predicted molar refractivity (Wildman–Crippen MR) is 127 cm³/mol. The van der Waals surface area contributed by atoms with Crippen molar-refractivity contribution in [2.24, 2.45) is 0 Å². The summed E-state index contributed by atoms with van der Waals surface area (Å²) >= 11 is 0. The first kappa shape index (κ1) is 27.8. The van der Waals surface area contributed by atoms with Crippen LogP contribution in [-0.2, 0) is 0 Å². The summed E-state index contributed by atoms with van der Waals surface area (Å²) in [5.74, 6) is 0. The van der Waals surface area contributed by atoms with E-state index in [1.54, 1.807) is 0 Å². The summed E-state index contributed by atoms with van der Waals surface area (Å²) in [5.41, 5.74) is 0. The van der Waals surface area contributed by atoms with Gasteiger partial charge in [-0.2, -0.15) is 0 Å². The highest BCUT2D eigenvalue weighted by molar-refractivity contribution is 4.70. The van der Waals surface area contributed by atoms with Gasteiger partial charge < -0.3 is 15.5 Å². The Kier molecular flexibility index (Phi) is 17.6. The maximum Gasteiger partial charge on any atom is 0.00413 e. The van der Waals surface area contributed by atoms with E-state index in [9.17, 15) is 0 Å². The Hall–Kier alpha value is -0.160. The number of nitrogens with one attached hydrogen (secondary N) is 2. The molecule has 4 nitrogen and oxygen atoms in total. The van der Waals surface area contributed by atoms with Gasteiger partial charge in [0, 0.05) is 24.2 Å². The Morgan fingerprint density at radius 1 is 0.643 bits per heavy atom. The molecule has 1 atom stereocenters. The fourth-order valence-corrected chi connectivity index (χ4v) is 3.90. The molecule has 28 heavy (non-hydrogen) atoms. The molecular weight excluding hydrogens is 344 g/mol. The lowest BCUT2D eigenvalue weighted by Crippen LogP contribution is -2.40. The first-order chi connectivity index (χ1) is 13.3. The summed E-state index contributed by atoms with van der Waals surface area (Å²) in [6, 6.07) is 2.59.